The fourth-order valence-corrected chi connectivity index (χ4v) is 3.60. The zero-order valence-electron chi connectivity index (χ0n) is 17.0. The Morgan fingerprint density at radius 2 is 1.64 bits per heavy atom. The first-order valence-electron chi connectivity index (χ1n) is 9.96. The predicted molar refractivity (Wildman–Crippen MR) is 123 cm³/mol. The molecule has 160 valence electrons. The lowest BCUT2D eigenvalue weighted by atomic mass is 10.1. The van der Waals surface area contributed by atoms with Crippen LogP contribution in [0.15, 0.2) is 94.7 Å². The van der Waals surface area contributed by atoms with E-state index in [0.29, 0.717) is 16.8 Å². The van der Waals surface area contributed by atoms with Crippen LogP contribution in [0.2, 0.25) is 0 Å². The van der Waals surface area contributed by atoms with Gasteiger partial charge in [-0.3, -0.25) is 19.7 Å². The summed E-state index contributed by atoms with van der Waals surface area (Å²) in [6.45, 7) is 0. The van der Waals surface area contributed by atoms with Crippen molar-refractivity contribution in [3.63, 3.8) is 0 Å². The van der Waals surface area contributed by atoms with Crippen LogP contribution in [0.1, 0.15) is 16.7 Å². The molecule has 0 bridgehead atoms. The zero-order chi connectivity index (χ0) is 22.9. The minimum absolute atomic E-state index is 0.0285. The lowest BCUT2D eigenvalue weighted by Crippen LogP contribution is -2.30. The highest BCUT2D eigenvalue weighted by atomic mass is 16.6. The van der Waals surface area contributed by atoms with Gasteiger partial charge < -0.3 is 5.32 Å². The van der Waals surface area contributed by atoms with Crippen LogP contribution in [-0.2, 0) is 9.59 Å². The van der Waals surface area contributed by atoms with E-state index in [4.69, 9.17) is 0 Å². The maximum absolute atomic E-state index is 13.3. The summed E-state index contributed by atoms with van der Waals surface area (Å²) >= 11 is 0. The molecule has 3 aromatic carbocycles. The number of nitro groups is 1. The summed E-state index contributed by atoms with van der Waals surface area (Å²) in [6.07, 6.45) is 1.35. The fourth-order valence-electron chi connectivity index (χ4n) is 3.60. The van der Waals surface area contributed by atoms with Crippen molar-refractivity contribution in [2.45, 2.75) is 0 Å². The van der Waals surface area contributed by atoms with E-state index in [2.05, 4.69) is 15.4 Å². The topological polar surface area (TPSA) is 117 Å². The lowest BCUT2D eigenvalue weighted by Gasteiger charge is -2.13. The number of hydrazone groups is 1. The number of hydrogen-bond donors (Lipinski definition) is 1. The van der Waals surface area contributed by atoms with Gasteiger partial charge >= 0.3 is 0 Å². The second-order valence-electron chi connectivity index (χ2n) is 7.21. The van der Waals surface area contributed by atoms with Crippen molar-refractivity contribution in [2.24, 2.45) is 10.1 Å². The maximum Gasteiger partial charge on any atom is 0.298 e. The van der Waals surface area contributed by atoms with Crippen LogP contribution < -0.4 is 5.32 Å². The number of amides is 2. The number of hydrogen-bond acceptors (Lipinski definition) is 6. The van der Waals surface area contributed by atoms with Crippen LogP contribution >= 0.6 is 0 Å². The van der Waals surface area contributed by atoms with Gasteiger partial charge in [-0.25, -0.2) is 4.99 Å². The monoisotopic (exact) mass is 437 g/mol. The van der Waals surface area contributed by atoms with Crippen LogP contribution in [0.3, 0.4) is 0 Å². The van der Waals surface area contributed by atoms with Gasteiger partial charge in [0.05, 0.1) is 16.2 Å². The van der Waals surface area contributed by atoms with Crippen molar-refractivity contribution in [3.05, 3.63) is 111 Å². The van der Waals surface area contributed by atoms with Gasteiger partial charge in [0.2, 0.25) is 0 Å². The molecule has 0 radical (unpaired) electrons. The Hall–Kier alpha value is -4.92. The van der Waals surface area contributed by atoms with Crippen molar-refractivity contribution in [1.82, 2.24) is 5.01 Å². The highest BCUT2D eigenvalue weighted by molar-refractivity contribution is 6.54. The Balaban J connectivity index is 1.63. The third-order valence-electron chi connectivity index (χ3n) is 5.14. The van der Waals surface area contributed by atoms with E-state index in [-0.39, 0.29) is 28.5 Å². The molecule has 2 aliphatic rings. The third kappa shape index (κ3) is 3.57. The summed E-state index contributed by atoms with van der Waals surface area (Å²) in [5.74, 6) is -0.820. The minimum Gasteiger partial charge on any atom is -0.320 e. The molecule has 0 fully saturated rings. The zero-order valence-corrected chi connectivity index (χ0v) is 17.0. The molecular formula is C24H15N5O4. The molecule has 0 saturated heterocycles. The van der Waals surface area contributed by atoms with E-state index in [1.54, 1.807) is 60.7 Å². The molecule has 1 N–H and O–H groups in total. The molecule has 2 amide bonds. The van der Waals surface area contributed by atoms with E-state index >= 15 is 0 Å². The van der Waals surface area contributed by atoms with Crippen molar-refractivity contribution in [2.75, 3.05) is 5.32 Å². The molecule has 2 heterocycles. The number of nitro benzene ring substituents is 1. The summed E-state index contributed by atoms with van der Waals surface area (Å²) in [5, 5.41) is 19.5. The standard InChI is InChI=1S/C24H15N5O4/c30-23-21(17-11-5-6-12-18(17)26-23)27-28-22(15-8-2-1-3-9-15)25-19(24(28)31)14-16-10-4-7-13-20(16)29(32)33/h1-14H,(H,26,27,30)/b19-14-. The number of fused-ring (bicyclic) bond motifs is 1. The number of carbonyl (C=O) groups excluding carboxylic acids is 2. The average molecular weight is 437 g/mol. The van der Waals surface area contributed by atoms with Crippen LogP contribution in [0.5, 0.6) is 0 Å². The van der Waals surface area contributed by atoms with Gasteiger partial charge in [-0.2, -0.15) is 10.1 Å². The average Bonchev–Trinajstić information content (AvgIpc) is 3.31. The molecule has 2 aliphatic heterocycles. The quantitative estimate of drug-likeness (QED) is 0.381. The molecule has 9 nitrogen and oxygen atoms in total. The Bertz CT molecular complexity index is 1410. The molecule has 0 unspecified atom stereocenters. The SMILES string of the molecule is O=C1Nc2ccccc2/C1=N/N1C(=O)/C(=C/c2ccccc2[N+](=O)[O-])N=C1c1ccccc1. The Labute approximate surface area is 187 Å². The largest absolute Gasteiger partial charge is 0.320 e. The van der Waals surface area contributed by atoms with E-state index in [9.17, 15) is 19.7 Å². The van der Waals surface area contributed by atoms with E-state index in [1.807, 2.05) is 6.07 Å². The number of nitrogens with one attached hydrogen (secondary N) is 1. The van der Waals surface area contributed by atoms with Gasteiger partial charge in [0.1, 0.15) is 5.70 Å². The Kier molecular flexibility index (Phi) is 4.83. The second kappa shape index (κ2) is 7.97. The van der Waals surface area contributed by atoms with Crippen molar-refractivity contribution < 1.29 is 14.5 Å². The van der Waals surface area contributed by atoms with Gasteiger partial charge in [-0.15, -0.1) is 0 Å². The first-order chi connectivity index (χ1) is 16.0. The van der Waals surface area contributed by atoms with Crippen LogP contribution in [0, 0.1) is 10.1 Å². The number of nitrogens with zero attached hydrogens (tertiary/aromatic N) is 4. The molecule has 0 aromatic heterocycles. The molecule has 3 aromatic rings. The molecule has 0 spiro atoms. The van der Waals surface area contributed by atoms with Gasteiger partial charge in [-0.1, -0.05) is 60.7 Å². The van der Waals surface area contributed by atoms with Crippen molar-refractivity contribution in [1.29, 1.82) is 0 Å². The summed E-state index contributed by atoms with van der Waals surface area (Å²) in [5.41, 5.74) is 1.91. The highest BCUT2D eigenvalue weighted by Crippen LogP contribution is 2.28. The summed E-state index contributed by atoms with van der Waals surface area (Å²) in [6, 6.07) is 22.0. The van der Waals surface area contributed by atoms with Crippen molar-refractivity contribution in [3.8, 4) is 0 Å². The lowest BCUT2D eigenvalue weighted by molar-refractivity contribution is -0.385. The van der Waals surface area contributed by atoms with Gasteiger partial charge in [0, 0.05) is 17.2 Å². The van der Waals surface area contributed by atoms with Crippen LogP contribution in [0.4, 0.5) is 11.4 Å². The van der Waals surface area contributed by atoms with E-state index < -0.39 is 16.7 Å². The molecule has 5 rings (SSSR count). The number of rotatable bonds is 4. The summed E-state index contributed by atoms with van der Waals surface area (Å²) in [7, 11) is 0. The summed E-state index contributed by atoms with van der Waals surface area (Å²) < 4.78 is 0. The Morgan fingerprint density at radius 1 is 0.939 bits per heavy atom. The summed E-state index contributed by atoms with van der Waals surface area (Å²) in [4.78, 5) is 41.2. The van der Waals surface area contributed by atoms with E-state index in [1.165, 1.54) is 18.2 Å². The minimum atomic E-state index is -0.600. The molecule has 0 atom stereocenters. The van der Waals surface area contributed by atoms with E-state index in [0.717, 1.165) is 5.01 Å². The number of benzene rings is 3. The smallest absolute Gasteiger partial charge is 0.298 e. The molecular weight excluding hydrogens is 422 g/mol. The van der Waals surface area contributed by atoms with Crippen molar-refractivity contribution >= 4 is 40.8 Å². The first-order valence-corrected chi connectivity index (χ1v) is 9.96. The predicted octanol–water partition coefficient (Wildman–Crippen LogP) is 3.58. The fraction of sp³-hybridized carbons (Fsp3) is 0. The normalized spacial score (nSPS) is 17.3. The first kappa shape index (κ1) is 20.0. The molecule has 0 saturated carbocycles. The maximum atomic E-state index is 13.3. The molecule has 33 heavy (non-hydrogen) atoms. The van der Waals surface area contributed by atoms with Gasteiger partial charge in [0.25, 0.3) is 17.5 Å². The van der Waals surface area contributed by atoms with Gasteiger partial charge in [0.15, 0.2) is 11.5 Å². The number of aliphatic imine (C=N–C) groups is 1. The number of anilines is 1. The van der Waals surface area contributed by atoms with Crippen LogP contribution in [0.25, 0.3) is 6.08 Å². The number of carbonyl (C=O) groups is 2. The number of amidine groups is 1. The van der Waals surface area contributed by atoms with Crippen LogP contribution in [-0.4, -0.2) is 33.3 Å². The molecule has 0 aliphatic carbocycles. The van der Waals surface area contributed by atoms with Gasteiger partial charge in [-0.05, 0) is 18.2 Å². The highest BCUT2D eigenvalue weighted by Gasteiger charge is 2.35. The second-order valence-corrected chi connectivity index (χ2v) is 7.21. The number of para-hydroxylation sites is 2. The third-order valence-corrected chi connectivity index (χ3v) is 5.14. The molecule has 9 heteroatoms. The Morgan fingerprint density at radius 3 is 2.42 bits per heavy atom.